The molecule has 6 nitrogen and oxygen atoms in total. The molecule has 2 saturated heterocycles. The van der Waals surface area contributed by atoms with E-state index in [2.05, 4.69) is 4.98 Å². The average Bonchev–Trinajstić information content (AvgIpc) is 3.31. The van der Waals surface area contributed by atoms with Crippen molar-refractivity contribution in [2.24, 2.45) is 5.41 Å². The van der Waals surface area contributed by atoms with Gasteiger partial charge in [0, 0.05) is 36.9 Å². The number of aromatic nitrogens is 1. The molecule has 0 aromatic carbocycles. The van der Waals surface area contributed by atoms with Crippen LogP contribution in [0.4, 0.5) is 0 Å². The molecule has 4 heterocycles. The third kappa shape index (κ3) is 3.08. The SMILES string of the molecule is Cc1ccc(C(=O)N2CC[C@@]3(CC(=O)N(Cc4csc(C)n4)C3)C2)o1. The van der Waals surface area contributed by atoms with E-state index in [1.165, 1.54) is 0 Å². The van der Waals surface area contributed by atoms with Gasteiger partial charge in [-0.15, -0.1) is 11.3 Å². The zero-order valence-corrected chi connectivity index (χ0v) is 15.3. The molecule has 25 heavy (non-hydrogen) atoms. The zero-order chi connectivity index (χ0) is 17.6. The maximum Gasteiger partial charge on any atom is 0.289 e. The number of hydrogen-bond donors (Lipinski definition) is 0. The lowest BCUT2D eigenvalue weighted by atomic mass is 9.86. The number of furan rings is 1. The Balaban J connectivity index is 1.43. The number of nitrogens with zero attached hydrogens (tertiary/aromatic N) is 3. The number of carbonyl (C=O) groups excluding carboxylic acids is 2. The van der Waals surface area contributed by atoms with Crippen LogP contribution in [0.5, 0.6) is 0 Å². The van der Waals surface area contributed by atoms with E-state index in [1.54, 1.807) is 23.5 Å². The summed E-state index contributed by atoms with van der Waals surface area (Å²) < 4.78 is 5.46. The van der Waals surface area contributed by atoms with Crippen molar-refractivity contribution in [2.45, 2.75) is 33.2 Å². The molecule has 2 aliphatic rings. The van der Waals surface area contributed by atoms with Gasteiger partial charge < -0.3 is 14.2 Å². The Morgan fingerprint density at radius 3 is 2.88 bits per heavy atom. The van der Waals surface area contributed by atoms with Gasteiger partial charge in [0.25, 0.3) is 5.91 Å². The van der Waals surface area contributed by atoms with E-state index in [-0.39, 0.29) is 17.2 Å². The second kappa shape index (κ2) is 5.98. The molecular weight excluding hydrogens is 338 g/mol. The summed E-state index contributed by atoms with van der Waals surface area (Å²) in [6.07, 6.45) is 1.37. The summed E-state index contributed by atoms with van der Waals surface area (Å²) in [7, 11) is 0. The van der Waals surface area contributed by atoms with Gasteiger partial charge in [0.1, 0.15) is 5.76 Å². The van der Waals surface area contributed by atoms with Crippen molar-refractivity contribution in [2.75, 3.05) is 19.6 Å². The standard InChI is InChI=1S/C18H21N3O3S/c1-12-3-4-15(24-12)17(23)20-6-5-18(10-20)7-16(22)21(11-18)8-14-9-25-13(2)19-14/h3-4,9H,5-8,10-11H2,1-2H3/t18-/m1/s1. The molecule has 1 atom stereocenters. The second-order valence-electron chi connectivity index (χ2n) is 7.17. The predicted octanol–water partition coefficient (Wildman–Crippen LogP) is 2.62. The lowest BCUT2D eigenvalue weighted by Crippen LogP contribution is -2.34. The first kappa shape index (κ1) is 16.3. The van der Waals surface area contributed by atoms with E-state index < -0.39 is 0 Å². The lowest BCUT2D eigenvalue weighted by molar-refractivity contribution is -0.128. The Labute approximate surface area is 150 Å². The summed E-state index contributed by atoms with van der Waals surface area (Å²) in [6.45, 7) is 6.35. The third-order valence-corrected chi connectivity index (χ3v) is 5.92. The molecule has 0 radical (unpaired) electrons. The number of hydrogen-bond acceptors (Lipinski definition) is 5. The highest BCUT2D eigenvalue weighted by molar-refractivity contribution is 7.09. The van der Waals surface area contributed by atoms with Crippen LogP contribution in [0.25, 0.3) is 0 Å². The molecule has 0 saturated carbocycles. The van der Waals surface area contributed by atoms with Gasteiger partial charge in [0.2, 0.25) is 5.91 Å². The first-order valence-electron chi connectivity index (χ1n) is 8.49. The van der Waals surface area contributed by atoms with E-state index in [1.807, 2.05) is 29.0 Å². The average molecular weight is 359 g/mol. The van der Waals surface area contributed by atoms with E-state index in [0.717, 1.165) is 22.9 Å². The number of likely N-dealkylation sites (tertiary alicyclic amines) is 2. The summed E-state index contributed by atoms with van der Waals surface area (Å²) in [6, 6.07) is 3.52. The molecule has 132 valence electrons. The Hall–Kier alpha value is -2.15. The summed E-state index contributed by atoms with van der Waals surface area (Å²) >= 11 is 1.60. The largest absolute Gasteiger partial charge is 0.456 e. The van der Waals surface area contributed by atoms with Crippen molar-refractivity contribution in [3.8, 4) is 0 Å². The van der Waals surface area contributed by atoms with Gasteiger partial charge in [0.05, 0.1) is 17.2 Å². The quantitative estimate of drug-likeness (QED) is 0.845. The molecular formula is C18H21N3O3S. The molecule has 2 aliphatic heterocycles. The van der Waals surface area contributed by atoms with Gasteiger partial charge in [-0.3, -0.25) is 9.59 Å². The van der Waals surface area contributed by atoms with Gasteiger partial charge in [-0.05, 0) is 32.4 Å². The molecule has 1 spiro atoms. The monoisotopic (exact) mass is 359 g/mol. The number of thiazole rings is 1. The molecule has 0 unspecified atom stereocenters. The normalized spacial score (nSPS) is 23.2. The summed E-state index contributed by atoms with van der Waals surface area (Å²) in [4.78, 5) is 33.2. The van der Waals surface area contributed by atoms with Gasteiger partial charge in [0.15, 0.2) is 5.76 Å². The van der Waals surface area contributed by atoms with Crippen molar-refractivity contribution < 1.29 is 14.0 Å². The molecule has 2 amide bonds. The molecule has 0 aliphatic carbocycles. The van der Waals surface area contributed by atoms with E-state index in [9.17, 15) is 9.59 Å². The Bertz CT molecular complexity index is 827. The van der Waals surface area contributed by atoms with Crippen LogP contribution in [0.2, 0.25) is 0 Å². The number of carbonyl (C=O) groups is 2. The van der Waals surface area contributed by atoms with Crippen molar-refractivity contribution in [3.05, 3.63) is 39.7 Å². The first-order chi connectivity index (χ1) is 11.9. The van der Waals surface area contributed by atoms with E-state index in [0.29, 0.717) is 38.4 Å². The van der Waals surface area contributed by atoms with Gasteiger partial charge in [-0.1, -0.05) is 0 Å². The third-order valence-electron chi connectivity index (χ3n) is 5.10. The molecule has 2 aromatic rings. The number of rotatable bonds is 3. The molecule has 4 rings (SSSR count). The van der Waals surface area contributed by atoms with Crippen LogP contribution in [0, 0.1) is 19.3 Å². The Kier molecular flexibility index (Phi) is 3.91. The van der Waals surface area contributed by atoms with Crippen LogP contribution in [0.3, 0.4) is 0 Å². The van der Waals surface area contributed by atoms with Crippen LogP contribution in [-0.2, 0) is 11.3 Å². The summed E-state index contributed by atoms with van der Waals surface area (Å²) in [5.41, 5.74) is 0.823. The maximum atomic E-state index is 12.6. The van der Waals surface area contributed by atoms with Gasteiger partial charge in [-0.2, -0.15) is 0 Å². The van der Waals surface area contributed by atoms with Gasteiger partial charge in [-0.25, -0.2) is 4.98 Å². The van der Waals surface area contributed by atoms with E-state index >= 15 is 0 Å². The minimum Gasteiger partial charge on any atom is -0.456 e. The lowest BCUT2D eigenvalue weighted by Gasteiger charge is -2.23. The molecule has 0 N–H and O–H groups in total. The van der Waals surface area contributed by atoms with Crippen LogP contribution >= 0.6 is 11.3 Å². The minimum absolute atomic E-state index is 0.0778. The highest BCUT2D eigenvalue weighted by Gasteiger charge is 2.48. The number of aryl methyl sites for hydroxylation is 2. The van der Waals surface area contributed by atoms with Crippen molar-refractivity contribution >= 4 is 23.2 Å². The maximum absolute atomic E-state index is 12.6. The highest BCUT2D eigenvalue weighted by Crippen LogP contribution is 2.41. The van der Waals surface area contributed by atoms with Crippen LogP contribution < -0.4 is 0 Å². The van der Waals surface area contributed by atoms with Crippen LogP contribution in [-0.4, -0.2) is 46.2 Å². The first-order valence-corrected chi connectivity index (χ1v) is 9.37. The van der Waals surface area contributed by atoms with Crippen molar-refractivity contribution in [1.29, 1.82) is 0 Å². The fourth-order valence-electron chi connectivity index (χ4n) is 3.89. The van der Waals surface area contributed by atoms with Gasteiger partial charge >= 0.3 is 0 Å². The highest BCUT2D eigenvalue weighted by atomic mass is 32.1. The predicted molar refractivity (Wildman–Crippen MR) is 93.3 cm³/mol. The molecule has 0 bridgehead atoms. The van der Waals surface area contributed by atoms with Crippen LogP contribution in [0.1, 0.15) is 39.9 Å². The fourth-order valence-corrected chi connectivity index (χ4v) is 4.49. The molecule has 2 fully saturated rings. The van der Waals surface area contributed by atoms with Crippen LogP contribution in [0.15, 0.2) is 21.9 Å². The van der Waals surface area contributed by atoms with Crippen molar-refractivity contribution in [3.63, 3.8) is 0 Å². The molecule has 7 heteroatoms. The van der Waals surface area contributed by atoms with E-state index in [4.69, 9.17) is 4.42 Å². The second-order valence-corrected chi connectivity index (χ2v) is 8.23. The Morgan fingerprint density at radius 1 is 1.36 bits per heavy atom. The number of amides is 2. The summed E-state index contributed by atoms with van der Waals surface area (Å²) in [5, 5.41) is 3.03. The zero-order valence-electron chi connectivity index (χ0n) is 14.4. The fraction of sp³-hybridized carbons (Fsp3) is 0.500. The Morgan fingerprint density at radius 2 is 2.20 bits per heavy atom. The van der Waals surface area contributed by atoms with Crippen molar-refractivity contribution in [1.82, 2.24) is 14.8 Å². The summed E-state index contributed by atoms with van der Waals surface area (Å²) in [5.74, 6) is 1.20. The molecule has 2 aromatic heterocycles. The smallest absolute Gasteiger partial charge is 0.289 e. The minimum atomic E-state index is -0.126. The topological polar surface area (TPSA) is 66.7 Å².